The molecule has 3 unspecified atom stereocenters. The molecule has 0 aromatic carbocycles. The van der Waals surface area contributed by atoms with Gasteiger partial charge < -0.3 is 20.5 Å². The van der Waals surface area contributed by atoms with E-state index in [0.717, 1.165) is 45.2 Å². The van der Waals surface area contributed by atoms with E-state index in [2.05, 4.69) is 0 Å². The van der Waals surface area contributed by atoms with Gasteiger partial charge in [0.25, 0.3) is 5.91 Å². The quantitative estimate of drug-likeness (QED) is 0.749. The zero-order valence-corrected chi connectivity index (χ0v) is 10.9. The van der Waals surface area contributed by atoms with E-state index < -0.39 is 0 Å². The summed E-state index contributed by atoms with van der Waals surface area (Å²) in [7, 11) is 0. The lowest BCUT2D eigenvalue weighted by Crippen LogP contribution is -2.45. The van der Waals surface area contributed by atoms with Crippen LogP contribution in [0.2, 0.25) is 0 Å². The molecule has 2 aliphatic heterocycles. The van der Waals surface area contributed by atoms with Crippen LogP contribution in [0.25, 0.3) is 0 Å². The number of aliphatic hydroxyl groups is 1. The topological polar surface area (TPSA) is 75.8 Å². The highest BCUT2D eigenvalue weighted by Crippen LogP contribution is 2.24. The summed E-state index contributed by atoms with van der Waals surface area (Å²) in [6.45, 7) is 2.30. The number of amides is 1. The van der Waals surface area contributed by atoms with Crippen molar-refractivity contribution in [2.75, 3.05) is 26.2 Å². The van der Waals surface area contributed by atoms with Gasteiger partial charge in [-0.2, -0.15) is 0 Å². The van der Waals surface area contributed by atoms with E-state index >= 15 is 0 Å². The van der Waals surface area contributed by atoms with Crippen LogP contribution in [-0.2, 0) is 9.53 Å². The maximum Gasteiger partial charge on any atom is 0.251 e. The van der Waals surface area contributed by atoms with Gasteiger partial charge in [0.1, 0.15) is 6.10 Å². The minimum absolute atomic E-state index is 0.0528. The maximum absolute atomic E-state index is 12.3. The van der Waals surface area contributed by atoms with Gasteiger partial charge in [-0.1, -0.05) is 0 Å². The van der Waals surface area contributed by atoms with Crippen molar-refractivity contribution in [3.8, 4) is 0 Å². The van der Waals surface area contributed by atoms with Gasteiger partial charge >= 0.3 is 0 Å². The first-order valence-electron chi connectivity index (χ1n) is 6.99. The normalized spacial score (nSPS) is 32.8. The second-order valence-corrected chi connectivity index (χ2v) is 5.36. The minimum atomic E-state index is -0.286. The second kappa shape index (κ2) is 6.50. The summed E-state index contributed by atoms with van der Waals surface area (Å²) < 4.78 is 5.66. The Morgan fingerprint density at radius 2 is 2.22 bits per heavy atom. The Kier molecular flexibility index (Phi) is 4.97. The molecular weight excluding hydrogens is 232 g/mol. The number of carbonyl (C=O) groups excluding carboxylic acids is 1. The Bertz CT molecular complexity index is 283. The molecule has 0 bridgehead atoms. The molecule has 2 rings (SSSR count). The summed E-state index contributed by atoms with van der Waals surface area (Å²) in [4.78, 5) is 14.2. The van der Waals surface area contributed by atoms with Crippen molar-refractivity contribution in [3.63, 3.8) is 0 Å². The number of ether oxygens (including phenoxy) is 1. The third kappa shape index (κ3) is 3.22. The van der Waals surface area contributed by atoms with Crippen molar-refractivity contribution in [1.82, 2.24) is 4.90 Å². The molecule has 5 heteroatoms. The summed E-state index contributed by atoms with van der Waals surface area (Å²) in [6, 6.07) is 0. The average molecular weight is 256 g/mol. The molecule has 3 atom stereocenters. The summed E-state index contributed by atoms with van der Waals surface area (Å²) >= 11 is 0. The Hall–Kier alpha value is -0.650. The van der Waals surface area contributed by atoms with Crippen molar-refractivity contribution in [2.24, 2.45) is 11.7 Å². The van der Waals surface area contributed by atoms with E-state index in [1.54, 1.807) is 0 Å². The predicted octanol–water partition coefficient (Wildman–Crippen LogP) is 0.114. The molecule has 0 radical (unpaired) electrons. The predicted molar refractivity (Wildman–Crippen MR) is 68.0 cm³/mol. The van der Waals surface area contributed by atoms with Gasteiger partial charge in [0.15, 0.2) is 0 Å². The van der Waals surface area contributed by atoms with Gasteiger partial charge in [-0.05, 0) is 38.0 Å². The van der Waals surface area contributed by atoms with Crippen LogP contribution in [0.15, 0.2) is 0 Å². The van der Waals surface area contributed by atoms with Gasteiger partial charge in [-0.3, -0.25) is 4.79 Å². The highest BCUT2D eigenvalue weighted by Gasteiger charge is 2.34. The first-order chi connectivity index (χ1) is 8.74. The summed E-state index contributed by atoms with van der Waals surface area (Å²) in [5.41, 5.74) is 5.56. The highest BCUT2D eigenvalue weighted by atomic mass is 16.5. The molecular formula is C13H24N2O3. The minimum Gasteiger partial charge on any atom is -0.396 e. The molecule has 1 amide bonds. The SMILES string of the molecule is NCC1CCC(C(=O)N2CCCC(CCO)C2)O1. The largest absolute Gasteiger partial charge is 0.396 e. The molecule has 3 N–H and O–H groups in total. The van der Waals surface area contributed by atoms with Gasteiger partial charge in [0.05, 0.1) is 6.10 Å². The molecule has 2 fully saturated rings. The lowest BCUT2D eigenvalue weighted by atomic mass is 9.94. The molecule has 18 heavy (non-hydrogen) atoms. The third-order valence-corrected chi connectivity index (χ3v) is 4.01. The number of carbonyl (C=O) groups is 1. The Morgan fingerprint density at radius 1 is 1.39 bits per heavy atom. The van der Waals surface area contributed by atoms with Crippen molar-refractivity contribution in [2.45, 2.75) is 44.3 Å². The van der Waals surface area contributed by atoms with E-state index in [1.165, 1.54) is 0 Å². The number of hydrogen-bond acceptors (Lipinski definition) is 4. The molecule has 0 aromatic rings. The van der Waals surface area contributed by atoms with Crippen LogP contribution in [0.3, 0.4) is 0 Å². The highest BCUT2D eigenvalue weighted by molar-refractivity contribution is 5.81. The molecule has 0 aliphatic carbocycles. The summed E-state index contributed by atoms with van der Waals surface area (Å²) in [5, 5.41) is 8.98. The smallest absolute Gasteiger partial charge is 0.251 e. The lowest BCUT2D eigenvalue weighted by Gasteiger charge is -2.34. The van der Waals surface area contributed by atoms with E-state index in [9.17, 15) is 4.79 Å². The van der Waals surface area contributed by atoms with Crippen LogP contribution in [-0.4, -0.2) is 54.4 Å². The summed E-state index contributed by atoms with van der Waals surface area (Å²) in [5.74, 6) is 0.563. The van der Waals surface area contributed by atoms with E-state index in [0.29, 0.717) is 12.5 Å². The van der Waals surface area contributed by atoms with Crippen LogP contribution in [0, 0.1) is 5.92 Å². The molecule has 5 nitrogen and oxygen atoms in total. The van der Waals surface area contributed by atoms with Crippen molar-refractivity contribution in [1.29, 1.82) is 0 Å². The number of nitrogens with zero attached hydrogens (tertiary/aromatic N) is 1. The Labute approximate surface area is 108 Å². The monoisotopic (exact) mass is 256 g/mol. The third-order valence-electron chi connectivity index (χ3n) is 4.01. The molecule has 104 valence electrons. The van der Waals surface area contributed by atoms with E-state index in [1.807, 2.05) is 4.90 Å². The standard InChI is InChI=1S/C13H24N2O3/c14-8-11-3-4-12(18-11)13(17)15-6-1-2-10(9-15)5-7-16/h10-12,16H,1-9,14H2. The number of piperidine rings is 1. The van der Waals surface area contributed by atoms with Crippen LogP contribution in [0.5, 0.6) is 0 Å². The van der Waals surface area contributed by atoms with Gasteiger partial charge in [0, 0.05) is 26.2 Å². The first kappa shape index (κ1) is 13.8. The molecule has 2 heterocycles. The first-order valence-corrected chi connectivity index (χ1v) is 6.99. The van der Waals surface area contributed by atoms with Gasteiger partial charge in [-0.15, -0.1) is 0 Å². The Morgan fingerprint density at radius 3 is 2.89 bits per heavy atom. The van der Waals surface area contributed by atoms with Crippen LogP contribution in [0.1, 0.15) is 32.1 Å². The maximum atomic E-state index is 12.3. The van der Waals surface area contributed by atoms with Crippen LogP contribution >= 0.6 is 0 Å². The fraction of sp³-hybridized carbons (Fsp3) is 0.923. The molecule has 0 aromatic heterocycles. The average Bonchev–Trinajstić information content (AvgIpc) is 2.87. The fourth-order valence-corrected chi connectivity index (χ4v) is 2.95. The Balaban J connectivity index is 1.85. The molecule has 2 aliphatic rings. The number of aliphatic hydroxyl groups excluding tert-OH is 1. The molecule has 0 spiro atoms. The van der Waals surface area contributed by atoms with E-state index in [4.69, 9.17) is 15.6 Å². The fourth-order valence-electron chi connectivity index (χ4n) is 2.95. The molecule has 2 saturated heterocycles. The number of nitrogens with two attached hydrogens (primary N) is 1. The zero-order valence-electron chi connectivity index (χ0n) is 10.9. The summed E-state index contributed by atoms with van der Waals surface area (Å²) in [6.07, 6.45) is 4.39. The van der Waals surface area contributed by atoms with Crippen molar-refractivity contribution in [3.05, 3.63) is 0 Å². The van der Waals surface area contributed by atoms with Crippen molar-refractivity contribution >= 4 is 5.91 Å². The second-order valence-electron chi connectivity index (χ2n) is 5.36. The number of likely N-dealkylation sites (tertiary alicyclic amines) is 1. The van der Waals surface area contributed by atoms with Gasteiger partial charge in [-0.25, -0.2) is 0 Å². The van der Waals surface area contributed by atoms with Crippen molar-refractivity contribution < 1.29 is 14.6 Å². The number of hydrogen-bond donors (Lipinski definition) is 2. The number of rotatable bonds is 4. The van der Waals surface area contributed by atoms with Gasteiger partial charge in [0.2, 0.25) is 0 Å². The van der Waals surface area contributed by atoms with Crippen LogP contribution < -0.4 is 5.73 Å². The van der Waals surface area contributed by atoms with E-state index in [-0.39, 0.29) is 24.7 Å². The van der Waals surface area contributed by atoms with Crippen LogP contribution in [0.4, 0.5) is 0 Å². The zero-order chi connectivity index (χ0) is 13.0. The molecule has 0 saturated carbocycles. The lowest BCUT2D eigenvalue weighted by molar-refractivity contribution is -0.144.